The van der Waals surface area contributed by atoms with Crippen molar-refractivity contribution >= 4 is 10.0 Å². The minimum absolute atomic E-state index is 0.248. The Kier molecular flexibility index (Phi) is 3.60. The quantitative estimate of drug-likeness (QED) is 0.903. The van der Waals surface area contributed by atoms with E-state index in [0.717, 1.165) is 24.8 Å². The van der Waals surface area contributed by atoms with Crippen molar-refractivity contribution in [1.82, 2.24) is 4.31 Å². The van der Waals surface area contributed by atoms with Crippen LogP contribution in [0.3, 0.4) is 0 Å². The van der Waals surface area contributed by atoms with Crippen molar-refractivity contribution in [3.63, 3.8) is 0 Å². The van der Waals surface area contributed by atoms with Crippen LogP contribution >= 0.6 is 0 Å². The van der Waals surface area contributed by atoms with E-state index in [1.807, 2.05) is 19.1 Å². The fourth-order valence-electron chi connectivity index (χ4n) is 3.48. The molecule has 1 unspecified atom stereocenters. The lowest BCUT2D eigenvalue weighted by Gasteiger charge is -2.28. The van der Waals surface area contributed by atoms with Crippen LogP contribution in [0.2, 0.25) is 0 Å². The molecule has 2 fully saturated rings. The molecular weight excluding hydrogens is 272 g/mol. The lowest BCUT2D eigenvalue weighted by molar-refractivity contribution is 0.271. The van der Waals surface area contributed by atoms with Crippen molar-refractivity contribution in [1.29, 1.82) is 0 Å². The molecule has 1 aromatic carbocycles. The molecule has 0 bridgehead atoms. The summed E-state index contributed by atoms with van der Waals surface area (Å²) in [5, 5.41) is 0. The second-order valence-electron chi connectivity index (χ2n) is 6.23. The van der Waals surface area contributed by atoms with Crippen molar-refractivity contribution in [2.45, 2.75) is 37.1 Å². The standard InChI is InChI=1S/C15H22N2O2S/c1-11-2-6-15(7-3-11)20(18,19)17-9-12-4-5-14(16)8-13(12)10-17/h2-3,6-7,12-14H,4-5,8-10,16H2,1H3/t12-,13+,14?/m1/s1. The van der Waals surface area contributed by atoms with Crippen LogP contribution < -0.4 is 5.73 Å². The molecule has 0 radical (unpaired) electrons. The molecule has 0 spiro atoms. The van der Waals surface area contributed by atoms with Crippen LogP contribution in [0, 0.1) is 18.8 Å². The molecule has 20 heavy (non-hydrogen) atoms. The Labute approximate surface area is 121 Å². The maximum atomic E-state index is 12.7. The molecule has 2 aliphatic rings. The van der Waals surface area contributed by atoms with Gasteiger partial charge in [-0.05, 0) is 50.2 Å². The first-order valence-electron chi connectivity index (χ1n) is 7.29. The molecule has 1 saturated carbocycles. The topological polar surface area (TPSA) is 63.4 Å². The van der Waals surface area contributed by atoms with Crippen LogP contribution in [-0.2, 0) is 10.0 Å². The summed E-state index contributed by atoms with van der Waals surface area (Å²) < 4.78 is 27.0. The maximum absolute atomic E-state index is 12.7. The number of nitrogens with zero attached hydrogens (tertiary/aromatic N) is 1. The summed E-state index contributed by atoms with van der Waals surface area (Å²) in [5.41, 5.74) is 7.08. The highest BCUT2D eigenvalue weighted by molar-refractivity contribution is 7.89. The van der Waals surface area contributed by atoms with E-state index >= 15 is 0 Å². The second kappa shape index (κ2) is 5.13. The lowest BCUT2D eigenvalue weighted by Crippen LogP contribution is -2.32. The summed E-state index contributed by atoms with van der Waals surface area (Å²) in [6.07, 6.45) is 3.05. The normalized spacial score (nSPS) is 31.2. The van der Waals surface area contributed by atoms with E-state index in [-0.39, 0.29) is 6.04 Å². The molecule has 4 nitrogen and oxygen atoms in total. The van der Waals surface area contributed by atoms with Gasteiger partial charge in [-0.25, -0.2) is 8.42 Å². The van der Waals surface area contributed by atoms with Crippen LogP contribution in [0.15, 0.2) is 29.2 Å². The van der Waals surface area contributed by atoms with Gasteiger partial charge in [0, 0.05) is 19.1 Å². The molecule has 1 aromatic rings. The zero-order valence-electron chi connectivity index (χ0n) is 11.8. The van der Waals surface area contributed by atoms with E-state index in [2.05, 4.69) is 0 Å². The van der Waals surface area contributed by atoms with E-state index in [1.54, 1.807) is 16.4 Å². The first-order valence-corrected chi connectivity index (χ1v) is 8.73. The zero-order valence-corrected chi connectivity index (χ0v) is 12.6. The number of fused-ring (bicyclic) bond motifs is 1. The van der Waals surface area contributed by atoms with E-state index < -0.39 is 10.0 Å². The van der Waals surface area contributed by atoms with Gasteiger partial charge in [-0.2, -0.15) is 4.31 Å². The summed E-state index contributed by atoms with van der Waals surface area (Å²) in [6, 6.07) is 7.37. The molecule has 2 N–H and O–H groups in total. The van der Waals surface area contributed by atoms with Crippen molar-refractivity contribution in [2.75, 3.05) is 13.1 Å². The molecule has 1 heterocycles. The molecule has 0 aromatic heterocycles. The smallest absolute Gasteiger partial charge is 0.243 e. The Balaban J connectivity index is 1.81. The zero-order chi connectivity index (χ0) is 14.3. The Hall–Kier alpha value is -0.910. The van der Waals surface area contributed by atoms with Crippen LogP contribution in [0.4, 0.5) is 0 Å². The third-order valence-corrected chi connectivity index (χ3v) is 6.56. The molecule has 1 aliphatic carbocycles. The molecule has 3 atom stereocenters. The van der Waals surface area contributed by atoms with Gasteiger partial charge in [0.05, 0.1) is 4.90 Å². The summed E-state index contributed by atoms with van der Waals surface area (Å²) in [6.45, 7) is 3.25. The van der Waals surface area contributed by atoms with Crippen molar-refractivity contribution in [2.24, 2.45) is 17.6 Å². The van der Waals surface area contributed by atoms with Gasteiger partial charge in [0.25, 0.3) is 0 Å². The predicted molar refractivity (Wildman–Crippen MR) is 78.7 cm³/mol. The van der Waals surface area contributed by atoms with Gasteiger partial charge in [0.15, 0.2) is 0 Å². The minimum atomic E-state index is -3.34. The van der Waals surface area contributed by atoms with Gasteiger partial charge in [0.2, 0.25) is 10.0 Å². The third kappa shape index (κ3) is 2.50. The number of sulfonamides is 1. The maximum Gasteiger partial charge on any atom is 0.243 e. The van der Waals surface area contributed by atoms with Crippen LogP contribution in [-0.4, -0.2) is 31.9 Å². The number of hydrogen-bond acceptors (Lipinski definition) is 3. The molecule has 110 valence electrons. The first-order chi connectivity index (χ1) is 9.46. The summed E-state index contributed by atoms with van der Waals surface area (Å²) in [7, 11) is -3.34. The third-order valence-electron chi connectivity index (χ3n) is 4.72. The second-order valence-corrected chi connectivity index (χ2v) is 8.17. The molecular formula is C15H22N2O2S. The molecule has 3 rings (SSSR count). The molecule has 1 aliphatic heterocycles. The average molecular weight is 294 g/mol. The highest BCUT2D eigenvalue weighted by atomic mass is 32.2. The summed E-state index contributed by atoms with van der Waals surface area (Å²) >= 11 is 0. The number of hydrogen-bond donors (Lipinski definition) is 1. The highest BCUT2D eigenvalue weighted by Crippen LogP contribution is 2.37. The van der Waals surface area contributed by atoms with Crippen LogP contribution in [0.25, 0.3) is 0 Å². The number of nitrogens with two attached hydrogens (primary N) is 1. The monoisotopic (exact) mass is 294 g/mol. The van der Waals surface area contributed by atoms with E-state index in [4.69, 9.17) is 5.73 Å². The van der Waals surface area contributed by atoms with Crippen LogP contribution in [0.5, 0.6) is 0 Å². The SMILES string of the molecule is Cc1ccc(S(=O)(=O)N2C[C@H]3CCC(N)C[C@H]3C2)cc1. The molecule has 1 saturated heterocycles. The van der Waals surface area contributed by atoms with Gasteiger partial charge in [0.1, 0.15) is 0 Å². The molecule has 5 heteroatoms. The first kappa shape index (κ1) is 14.0. The largest absolute Gasteiger partial charge is 0.328 e. The predicted octanol–water partition coefficient (Wildman–Crippen LogP) is 1.74. The van der Waals surface area contributed by atoms with Crippen molar-refractivity contribution in [3.8, 4) is 0 Å². The van der Waals surface area contributed by atoms with E-state index in [0.29, 0.717) is 29.8 Å². The van der Waals surface area contributed by atoms with Gasteiger partial charge in [-0.1, -0.05) is 17.7 Å². The fourth-order valence-corrected chi connectivity index (χ4v) is 5.03. The number of aryl methyl sites for hydroxylation is 1. The number of rotatable bonds is 2. The minimum Gasteiger partial charge on any atom is -0.328 e. The number of benzene rings is 1. The molecule has 0 amide bonds. The van der Waals surface area contributed by atoms with Gasteiger partial charge >= 0.3 is 0 Å². The summed E-state index contributed by atoms with van der Waals surface area (Å²) in [4.78, 5) is 0.408. The van der Waals surface area contributed by atoms with Crippen molar-refractivity contribution in [3.05, 3.63) is 29.8 Å². The Bertz CT molecular complexity index is 582. The Morgan fingerprint density at radius 3 is 2.45 bits per heavy atom. The van der Waals surface area contributed by atoms with Gasteiger partial charge in [-0.15, -0.1) is 0 Å². The van der Waals surface area contributed by atoms with Gasteiger partial charge in [-0.3, -0.25) is 0 Å². The average Bonchev–Trinajstić information content (AvgIpc) is 2.83. The van der Waals surface area contributed by atoms with E-state index in [9.17, 15) is 8.42 Å². The van der Waals surface area contributed by atoms with Gasteiger partial charge < -0.3 is 5.73 Å². The van der Waals surface area contributed by atoms with Crippen molar-refractivity contribution < 1.29 is 8.42 Å². The lowest BCUT2D eigenvalue weighted by atomic mass is 9.79. The Morgan fingerprint density at radius 1 is 1.10 bits per heavy atom. The summed E-state index contributed by atoms with van der Waals surface area (Å²) in [5.74, 6) is 0.939. The van der Waals surface area contributed by atoms with Crippen LogP contribution in [0.1, 0.15) is 24.8 Å². The highest BCUT2D eigenvalue weighted by Gasteiger charge is 2.41. The fraction of sp³-hybridized carbons (Fsp3) is 0.600. The Morgan fingerprint density at radius 2 is 1.75 bits per heavy atom. The van der Waals surface area contributed by atoms with E-state index in [1.165, 1.54) is 0 Å².